The fraction of sp³-hybridized carbons (Fsp3) is 0.500. The summed E-state index contributed by atoms with van der Waals surface area (Å²) in [6, 6.07) is 4.62. The van der Waals surface area contributed by atoms with Gasteiger partial charge in [-0.1, -0.05) is 13.0 Å². The largest absolute Gasteiger partial charge is 0.395 e. The first-order valence-electron chi connectivity index (χ1n) is 8.52. The van der Waals surface area contributed by atoms with Crippen LogP contribution in [0, 0.1) is 16.0 Å². The van der Waals surface area contributed by atoms with Gasteiger partial charge in [-0.15, -0.1) is 6.58 Å². The molecular weight excluding hydrogens is 322 g/mol. The first-order valence-corrected chi connectivity index (χ1v) is 8.52. The van der Waals surface area contributed by atoms with Crippen LogP contribution < -0.4 is 4.90 Å². The standard InChI is InChI=1S/C18H25N3O4/c1-3-8-20(11-12-22)18(23)15-4-5-16(17(13-15)21(24)25)19-9-6-14(2)7-10-19/h3-5,13-14,22H,1,6-12H2,2H3. The summed E-state index contributed by atoms with van der Waals surface area (Å²) in [6.07, 6.45) is 3.56. The Kier molecular flexibility index (Phi) is 6.52. The van der Waals surface area contributed by atoms with Gasteiger partial charge in [0.1, 0.15) is 5.69 Å². The molecule has 1 N–H and O–H groups in total. The maximum Gasteiger partial charge on any atom is 0.293 e. The lowest BCUT2D eigenvalue weighted by Gasteiger charge is -2.31. The van der Waals surface area contributed by atoms with E-state index in [9.17, 15) is 14.9 Å². The minimum atomic E-state index is -0.436. The van der Waals surface area contributed by atoms with Crippen LogP contribution in [0.4, 0.5) is 11.4 Å². The second kappa shape index (κ2) is 8.62. The van der Waals surface area contributed by atoms with Crippen molar-refractivity contribution in [2.45, 2.75) is 19.8 Å². The molecule has 0 bridgehead atoms. The Hall–Kier alpha value is -2.41. The van der Waals surface area contributed by atoms with Crippen molar-refractivity contribution in [2.75, 3.05) is 37.7 Å². The molecule has 1 saturated heterocycles. The van der Waals surface area contributed by atoms with E-state index in [1.165, 1.54) is 11.0 Å². The number of amides is 1. The molecule has 1 fully saturated rings. The SMILES string of the molecule is C=CCN(CCO)C(=O)c1ccc(N2CCC(C)CC2)c([N+](=O)[O-])c1. The monoisotopic (exact) mass is 347 g/mol. The van der Waals surface area contributed by atoms with Crippen molar-refractivity contribution in [1.82, 2.24) is 4.90 Å². The summed E-state index contributed by atoms with van der Waals surface area (Å²) in [5.74, 6) is 0.276. The van der Waals surface area contributed by atoms with Gasteiger partial charge < -0.3 is 14.9 Å². The molecule has 1 aromatic carbocycles. The number of nitro groups is 1. The van der Waals surface area contributed by atoms with Crippen LogP contribution in [-0.2, 0) is 0 Å². The fourth-order valence-electron chi connectivity index (χ4n) is 3.05. The third-order valence-electron chi connectivity index (χ3n) is 4.55. The van der Waals surface area contributed by atoms with Crippen LogP contribution in [0.15, 0.2) is 30.9 Å². The highest BCUT2D eigenvalue weighted by Crippen LogP contribution is 2.32. The highest BCUT2D eigenvalue weighted by Gasteiger charge is 2.25. The molecule has 0 atom stereocenters. The summed E-state index contributed by atoms with van der Waals surface area (Å²) in [4.78, 5) is 27.1. The van der Waals surface area contributed by atoms with Crippen LogP contribution in [0.3, 0.4) is 0 Å². The molecule has 0 aromatic heterocycles. The minimum Gasteiger partial charge on any atom is -0.395 e. The van der Waals surface area contributed by atoms with Crippen molar-refractivity contribution in [1.29, 1.82) is 0 Å². The number of carbonyl (C=O) groups excluding carboxylic acids is 1. The molecule has 0 unspecified atom stereocenters. The second-order valence-electron chi connectivity index (χ2n) is 6.39. The molecule has 0 saturated carbocycles. The van der Waals surface area contributed by atoms with E-state index in [4.69, 9.17) is 5.11 Å². The average molecular weight is 347 g/mol. The summed E-state index contributed by atoms with van der Waals surface area (Å²) in [5, 5.41) is 20.6. The van der Waals surface area contributed by atoms with Crippen LogP contribution in [-0.4, -0.2) is 53.6 Å². The molecule has 136 valence electrons. The zero-order valence-electron chi connectivity index (χ0n) is 14.6. The van der Waals surface area contributed by atoms with Crippen molar-refractivity contribution in [3.05, 3.63) is 46.5 Å². The maximum absolute atomic E-state index is 12.6. The second-order valence-corrected chi connectivity index (χ2v) is 6.39. The van der Waals surface area contributed by atoms with Gasteiger partial charge in [0.25, 0.3) is 11.6 Å². The molecule has 1 aliphatic heterocycles. The number of aliphatic hydroxyl groups is 1. The van der Waals surface area contributed by atoms with Gasteiger partial charge in [0.05, 0.1) is 11.5 Å². The number of nitro benzene ring substituents is 1. The van der Waals surface area contributed by atoms with E-state index in [0.29, 0.717) is 11.6 Å². The number of anilines is 1. The van der Waals surface area contributed by atoms with Crippen molar-refractivity contribution in [2.24, 2.45) is 5.92 Å². The molecule has 2 rings (SSSR count). The predicted octanol–water partition coefficient (Wildman–Crippen LogP) is 2.45. The maximum atomic E-state index is 12.6. The van der Waals surface area contributed by atoms with Crippen molar-refractivity contribution in [3.63, 3.8) is 0 Å². The molecule has 0 aliphatic carbocycles. The summed E-state index contributed by atoms with van der Waals surface area (Å²) >= 11 is 0. The Morgan fingerprint density at radius 1 is 1.48 bits per heavy atom. The third-order valence-corrected chi connectivity index (χ3v) is 4.55. The lowest BCUT2D eigenvalue weighted by Crippen LogP contribution is -2.34. The topological polar surface area (TPSA) is 86.9 Å². The van der Waals surface area contributed by atoms with E-state index < -0.39 is 4.92 Å². The quantitative estimate of drug-likeness (QED) is 0.465. The number of benzene rings is 1. The molecule has 1 amide bonds. The van der Waals surface area contributed by atoms with Crippen molar-refractivity contribution < 1.29 is 14.8 Å². The Morgan fingerprint density at radius 3 is 2.72 bits per heavy atom. The van der Waals surface area contributed by atoms with Gasteiger partial charge in [0, 0.05) is 37.8 Å². The van der Waals surface area contributed by atoms with E-state index in [1.807, 2.05) is 4.90 Å². The third kappa shape index (κ3) is 4.57. The Balaban J connectivity index is 2.30. The highest BCUT2D eigenvalue weighted by molar-refractivity contribution is 5.96. The van der Waals surface area contributed by atoms with E-state index in [-0.39, 0.29) is 36.9 Å². The van der Waals surface area contributed by atoms with E-state index in [1.54, 1.807) is 18.2 Å². The van der Waals surface area contributed by atoms with Gasteiger partial charge in [-0.05, 0) is 30.9 Å². The number of aliphatic hydroxyl groups excluding tert-OH is 1. The predicted molar refractivity (Wildman–Crippen MR) is 96.9 cm³/mol. The zero-order chi connectivity index (χ0) is 18.4. The molecule has 7 heteroatoms. The van der Waals surface area contributed by atoms with Gasteiger partial charge in [0.2, 0.25) is 0 Å². The summed E-state index contributed by atoms with van der Waals surface area (Å²) < 4.78 is 0. The number of nitrogens with zero attached hydrogens (tertiary/aromatic N) is 3. The minimum absolute atomic E-state index is 0.0528. The summed E-state index contributed by atoms with van der Waals surface area (Å²) in [6.45, 7) is 7.60. The van der Waals surface area contributed by atoms with Crippen molar-refractivity contribution >= 4 is 17.3 Å². The molecule has 1 aromatic rings. The highest BCUT2D eigenvalue weighted by atomic mass is 16.6. The molecule has 25 heavy (non-hydrogen) atoms. The normalized spacial score (nSPS) is 15.0. The molecule has 0 radical (unpaired) electrons. The van der Waals surface area contributed by atoms with Crippen LogP contribution in [0.25, 0.3) is 0 Å². The average Bonchev–Trinajstić information content (AvgIpc) is 2.61. The van der Waals surface area contributed by atoms with Crippen LogP contribution >= 0.6 is 0 Å². The molecule has 1 aliphatic rings. The number of rotatable bonds is 7. The lowest BCUT2D eigenvalue weighted by molar-refractivity contribution is -0.384. The summed E-state index contributed by atoms with van der Waals surface area (Å²) in [7, 11) is 0. The van der Waals surface area contributed by atoms with Crippen molar-refractivity contribution in [3.8, 4) is 0 Å². The Bertz CT molecular complexity index is 639. The molecule has 0 spiro atoms. The Labute approximate surface area is 147 Å². The Morgan fingerprint density at radius 2 is 2.16 bits per heavy atom. The van der Waals surface area contributed by atoms with Gasteiger partial charge >= 0.3 is 0 Å². The van der Waals surface area contributed by atoms with Gasteiger partial charge in [0.15, 0.2) is 0 Å². The zero-order valence-corrected chi connectivity index (χ0v) is 14.6. The van der Waals surface area contributed by atoms with Crippen LogP contribution in [0.2, 0.25) is 0 Å². The number of hydrogen-bond donors (Lipinski definition) is 1. The number of carbonyl (C=O) groups is 1. The number of piperidine rings is 1. The van der Waals surface area contributed by atoms with Gasteiger partial charge in [-0.2, -0.15) is 0 Å². The fourth-order valence-corrected chi connectivity index (χ4v) is 3.05. The molecule has 1 heterocycles. The molecule has 7 nitrogen and oxygen atoms in total. The van der Waals surface area contributed by atoms with E-state index in [2.05, 4.69) is 13.5 Å². The van der Waals surface area contributed by atoms with E-state index >= 15 is 0 Å². The lowest BCUT2D eigenvalue weighted by atomic mass is 9.98. The molecular formula is C18H25N3O4. The van der Waals surface area contributed by atoms with E-state index in [0.717, 1.165) is 25.9 Å². The summed E-state index contributed by atoms with van der Waals surface area (Å²) in [5.41, 5.74) is 0.755. The smallest absolute Gasteiger partial charge is 0.293 e. The number of hydrogen-bond acceptors (Lipinski definition) is 5. The van der Waals surface area contributed by atoms with Gasteiger partial charge in [-0.25, -0.2) is 0 Å². The van der Waals surface area contributed by atoms with Gasteiger partial charge in [-0.3, -0.25) is 14.9 Å². The van der Waals surface area contributed by atoms with Crippen LogP contribution in [0.1, 0.15) is 30.1 Å². The first-order chi connectivity index (χ1) is 12.0. The van der Waals surface area contributed by atoms with Crippen LogP contribution in [0.5, 0.6) is 0 Å². The first kappa shape index (κ1) is 18.9.